The number of unbranched alkanes of at least 4 members (excludes halogenated alkanes) is 1. The number of thioether (sulfide) groups is 1. The zero-order valence-corrected chi connectivity index (χ0v) is 13.9. The molecule has 2 atom stereocenters. The molecular weight excluding hydrogens is 256 g/mol. The lowest BCUT2D eigenvalue weighted by molar-refractivity contribution is -0.130. The second kappa shape index (κ2) is 8.15. The minimum absolute atomic E-state index is 0.0179. The maximum absolute atomic E-state index is 12.5. The molecule has 1 saturated heterocycles. The first kappa shape index (κ1) is 16.8. The average Bonchev–Trinajstić information content (AvgIpc) is 2.62. The van der Waals surface area contributed by atoms with Crippen molar-refractivity contribution >= 4 is 17.7 Å². The molecule has 1 fully saturated rings. The van der Waals surface area contributed by atoms with Crippen molar-refractivity contribution in [1.82, 2.24) is 10.2 Å². The molecule has 0 aliphatic carbocycles. The first-order chi connectivity index (χ1) is 8.97. The van der Waals surface area contributed by atoms with E-state index in [1.807, 2.05) is 11.8 Å². The molecule has 0 saturated carbocycles. The summed E-state index contributed by atoms with van der Waals surface area (Å²) >= 11 is 1.88. The van der Waals surface area contributed by atoms with E-state index in [0.29, 0.717) is 17.7 Å². The van der Waals surface area contributed by atoms with Crippen LogP contribution in [0.4, 0.5) is 0 Å². The van der Waals surface area contributed by atoms with Crippen LogP contribution in [0.3, 0.4) is 0 Å². The Hall–Kier alpha value is -0.220. The number of rotatable bonds is 8. The van der Waals surface area contributed by atoms with Gasteiger partial charge in [-0.1, -0.05) is 27.7 Å². The van der Waals surface area contributed by atoms with E-state index in [2.05, 4.69) is 44.2 Å². The number of amides is 1. The fourth-order valence-electron chi connectivity index (χ4n) is 2.61. The van der Waals surface area contributed by atoms with Crippen molar-refractivity contribution in [2.75, 3.05) is 18.6 Å². The molecule has 0 spiro atoms. The Labute approximate surface area is 122 Å². The monoisotopic (exact) mass is 286 g/mol. The Morgan fingerprint density at radius 3 is 2.47 bits per heavy atom. The highest BCUT2D eigenvalue weighted by molar-refractivity contribution is 7.98. The molecule has 1 N–H and O–H groups in total. The molecule has 19 heavy (non-hydrogen) atoms. The Kier molecular flexibility index (Phi) is 7.22. The number of hydrogen-bond acceptors (Lipinski definition) is 3. The van der Waals surface area contributed by atoms with Gasteiger partial charge in [-0.15, -0.1) is 0 Å². The van der Waals surface area contributed by atoms with Crippen LogP contribution in [-0.2, 0) is 4.79 Å². The second-order valence-corrected chi connectivity index (χ2v) is 7.25. The molecule has 0 aromatic heterocycles. The maximum atomic E-state index is 12.5. The summed E-state index contributed by atoms with van der Waals surface area (Å²) in [6.07, 6.45) is 5.75. The fraction of sp³-hybridized carbons (Fsp3) is 0.933. The Bertz CT molecular complexity index is 281. The number of nitrogens with zero attached hydrogens (tertiary/aromatic N) is 1. The third kappa shape index (κ3) is 4.99. The molecule has 2 unspecified atom stereocenters. The molecule has 0 aromatic rings. The summed E-state index contributed by atoms with van der Waals surface area (Å²) in [6, 6.07) is 0.0179. The SMILES string of the molecule is CSCCCCN1C(=O)C(C(C)C)NC1CC(C)C. The van der Waals surface area contributed by atoms with Gasteiger partial charge in [0.05, 0.1) is 12.2 Å². The summed E-state index contributed by atoms with van der Waals surface area (Å²) in [5.41, 5.74) is 0. The van der Waals surface area contributed by atoms with Gasteiger partial charge in [-0.05, 0) is 43.1 Å². The van der Waals surface area contributed by atoms with E-state index in [1.165, 1.54) is 12.2 Å². The zero-order chi connectivity index (χ0) is 14.4. The van der Waals surface area contributed by atoms with Crippen molar-refractivity contribution in [2.45, 2.75) is 59.2 Å². The normalized spacial score (nSPS) is 23.9. The summed E-state index contributed by atoms with van der Waals surface area (Å²) in [7, 11) is 0. The summed E-state index contributed by atoms with van der Waals surface area (Å²) in [5.74, 6) is 2.49. The van der Waals surface area contributed by atoms with E-state index in [4.69, 9.17) is 0 Å². The average molecular weight is 286 g/mol. The Balaban J connectivity index is 2.57. The molecular formula is C15H30N2OS. The molecule has 1 heterocycles. The summed E-state index contributed by atoms with van der Waals surface area (Å²) in [5, 5.41) is 3.53. The molecule has 0 aromatic carbocycles. The fourth-order valence-corrected chi connectivity index (χ4v) is 3.11. The van der Waals surface area contributed by atoms with Crippen LogP contribution < -0.4 is 5.32 Å². The standard InChI is InChI=1S/C15H30N2OS/c1-11(2)10-13-16-14(12(3)4)15(18)17(13)8-6-7-9-19-5/h11-14,16H,6-10H2,1-5H3. The van der Waals surface area contributed by atoms with Crippen LogP contribution in [0.5, 0.6) is 0 Å². The third-order valence-corrected chi connectivity index (χ3v) is 4.35. The molecule has 1 aliphatic heterocycles. The lowest BCUT2D eigenvalue weighted by Crippen LogP contribution is -2.39. The topological polar surface area (TPSA) is 32.3 Å². The van der Waals surface area contributed by atoms with Gasteiger partial charge in [0.1, 0.15) is 0 Å². The van der Waals surface area contributed by atoms with E-state index < -0.39 is 0 Å². The van der Waals surface area contributed by atoms with Gasteiger partial charge in [0.2, 0.25) is 5.91 Å². The summed E-state index contributed by atoms with van der Waals surface area (Å²) < 4.78 is 0. The lowest BCUT2D eigenvalue weighted by atomic mass is 10.0. The van der Waals surface area contributed by atoms with Gasteiger partial charge in [0.25, 0.3) is 0 Å². The van der Waals surface area contributed by atoms with Crippen molar-refractivity contribution in [3.63, 3.8) is 0 Å². The van der Waals surface area contributed by atoms with E-state index in [9.17, 15) is 4.79 Å². The van der Waals surface area contributed by atoms with Crippen molar-refractivity contribution in [3.8, 4) is 0 Å². The molecule has 0 bridgehead atoms. The number of carbonyl (C=O) groups excluding carboxylic acids is 1. The van der Waals surface area contributed by atoms with Crippen molar-refractivity contribution in [3.05, 3.63) is 0 Å². The molecule has 4 heteroatoms. The van der Waals surface area contributed by atoms with Crippen molar-refractivity contribution in [1.29, 1.82) is 0 Å². The van der Waals surface area contributed by atoms with Crippen LogP contribution in [0.2, 0.25) is 0 Å². The molecule has 1 rings (SSSR count). The van der Waals surface area contributed by atoms with Crippen LogP contribution in [-0.4, -0.2) is 41.6 Å². The number of nitrogens with one attached hydrogen (secondary N) is 1. The molecule has 0 radical (unpaired) electrons. The highest BCUT2D eigenvalue weighted by Crippen LogP contribution is 2.22. The Morgan fingerprint density at radius 2 is 1.95 bits per heavy atom. The largest absolute Gasteiger partial charge is 0.326 e. The van der Waals surface area contributed by atoms with Gasteiger partial charge in [0.15, 0.2) is 0 Å². The number of hydrogen-bond donors (Lipinski definition) is 1. The van der Waals surface area contributed by atoms with Crippen LogP contribution in [0.15, 0.2) is 0 Å². The first-order valence-corrected chi connectivity index (χ1v) is 8.92. The molecule has 1 aliphatic rings. The van der Waals surface area contributed by atoms with Gasteiger partial charge < -0.3 is 4.90 Å². The van der Waals surface area contributed by atoms with E-state index in [-0.39, 0.29) is 12.2 Å². The number of carbonyl (C=O) groups is 1. The van der Waals surface area contributed by atoms with E-state index in [1.54, 1.807) is 0 Å². The predicted molar refractivity (Wildman–Crippen MR) is 84.3 cm³/mol. The smallest absolute Gasteiger partial charge is 0.241 e. The quantitative estimate of drug-likeness (QED) is 0.696. The van der Waals surface area contributed by atoms with Gasteiger partial charge in [-0.3, -0.25) is 10.1 Å². The van der Waals surface area contributed by atoms with Crippen LogP contribution >= 0.6 is 11.8 Å². The van der Waals surface area contributed by atoms with Gasteiger partial charge in [0, 0.05) is 6.54 Å². The van der Waals surface area contributed by atoms with E-state index in [0.717, 1.165) is 19.4 Å². The summed E-state index contributed by atoms with van der Waals surface area (Å²) in [6.45, 7) is 9.60. The molecule has 3 nitrogen and oxygen atoms in total. The molecule has 1 amide bonds. The second-order valence-electron chi connectivity index (χ2n) is 6.27. The van der Waals surface area contributed by atoms with Crippen molar-refractivity contribution in [2.24, 2.45) is 11.8 Å². The van der Waals surface area contributed by atoms with Crippen LogP contribution in [0.25, 0.3) is 0 Å². The van der Waals surface area contributed by atoms with Gasteiger partial charge in [-0.25, -0.2) is 0 Å². The summed E-state index contributed by atoms with van der Waals surface area (Å²) in [4.78, 5) is 14.5. The van der Waals surface area contributed by atoms with Gasteiger partial charge in [-0.2, -0.15) is 11.8 Å². The van der Waals surface area contributed by atoms with Gasteiger partial charge >= 0.3 is 0 Å². The minimum atomic E-state index is 0.0179. The van der Waals surface area contributed by atoms with E-state index >= 15 is 0 Å². The highest BCUT2D eigenvalue weighted by Gasteiger charge is 2.39. The van der Waals surface area contributed by atoms with Crippen molar-refractivity contribution < 1.29 is 4.79 Å². The maximum Gasteiger partial charge on any atom is 0.241 e. The Morgan fingerprint density at radius 1 is 1.26 bits per heavy atom. The van der Waals surface area contributed by atoms with Crippen LogP contribution in [0.1, 0.15) is 47.0 Å². The molecule has 112 valence electrons. The minimum Gasteiger partial charge on any atom is -0.326 e. The van der Waals surface area contributed by atoms with Crippen LogP contribution in [0, 0.1) is 11.8 Å². The lowest BCUT2D eigenvalue weighted by Gasteiger charge is -2.25. The first-order valence-electron chi connectivity index (χ1n) is 7.52. The zero-order valence-electron chi connectivity index (χ0n) is 13.1. The predicted octanol–water partition coefficient (Wildman–Crippen LogP) is 2.96. The third-order valence-electron chi connectivity index (χ3n) is 3.66. The highest BCUT2D eigenvalue weighted by atomic mass is 32.2.